The van der Waals surface area contributed by atoms with E-state index < -0.39 is 0 Å². The highest BCUT2D eigenvalue weighted by Gasteiger charge is 2.37. The Labute approximate surface area is 205 Å². The van der Waals surface area contributed by atoms with E-state index in [1.54, 1.807) is 6.07 Å². The second kappa shape index (κ2) is 8.09. The number of nitrogens with one attached hydrogen (secondary N) is 1. The maximum absolute atomic E-state index is 12.8. The Morgan fingerprint density at radius 3 is 2.44 bits per heavy atom. The molecule has 0 saturated heterocycles. The first-order valence-corrected chi connectivity index (χ1v) is 12.8. The predicted molar refractivity (Wildman–Crippen MR) is 140 cm³/mol. The van der Waals surface area contributed by atoms with Gasteiger partial charge in [0.2, 0.25) is 0 Å². The Morgan fingerprint density at radius 2 is 1.71 bits per heavy atom. The van der Waals surface area contributed by atoms with E-state index in [1.165, 1.54) is 52.0 Å². The number of aryl methyl sites for hydroxylation is 2. The average Bonchev–Trinajstić information content (AvgIpc) is 3.39. The van der Waals surface area contributed by atoms with Crippen molar-refractivity contribution < 1.29 is 9.21 Å². The summed E-state index contributed by atoms with van der Waals surface area (Å²) < 4.78 is 7.03. The van der Waals surface area contributed by atoms with Gasteiger partial charge in [-0.1, -0.05) is 57.2 Å². The molecule has 1 amide bonds. The summed E-state index contributed by atoms with van der Waals surface area (Å²) in [7, 11) is 0. The topological polar surface area (TPSA) is 55.1 Å². The van der Waals surface area contributed by atoms with E-state index in [-0.39, 0.29) is 16.7 Å². The van der Waals surface area contributed by atoms with Crippen molar-refractivity contribution in [1.82, 2.24) is 4.98 Å². The van der Waals surface area contributed by atoms with Crippen LogP contribution in [0.1, 0.15) is 84.7 Å². The van der Waals surface area contributed by atoms with E-state index in [9.17, 15) is 4.79 Å². The number of hydrogen-bond acceptors (Lipinski definition) is 4. The van der Waals surface area contributed by atoms with Gasteiger partial charge in [0, 0.05) is 6.42 Å². The highest BCUT2D eigenvalue weighted by Crippen LogP contribution is 2.46. The fourth-order valence-electron chi connectivity index (χ4n) is 4.98. The monoisotopic (exact) mass is 472 g/mol. The number of benzene rings is 2. The molecule has 0 aliphatic heterocycles. The summed E-state index contributed by atoms with van der Waals surface area (Å²) in [6.45, 7) is 13.6. The number of carbonyl (C=O) groups is 1. The molecular weight excluding hydrogens is 440 g/mol. The van der Waals surface area contributed by atoms with E-state index in [2.05, 4.69) is 63.1 Å². The SMILES string of the molecule is Cc1ccc2nc(NC(=O)c3ccc(Cc4cc5c(cc4C)C(C)(C)CCC5(C)C)o3)sc2c1. The number of fused-ring (bicyclic) bond motifs is 2. The molecule has 5 heteroatoms. The van der Waals surface area contributed by atoms with Crippen LogP contribution in [0.2, 0.25) is 0 Å². The van der Waals surface area contributed by atoms with Crippen LogP contribution < -0.4 is 5.32 Å². The summed E-state index contributed by atoms with van der Waals surface area (Å²) in [6, 6.07) is 14.5. The van der Waals surface area contributed by atoms with Gasteiger partial charge >= 0.3 is 0 Å². The zero-order chi connectivity index (χ0) is 24.3. The largest absolute Gasteiger partial charge is 0.456 e. The smallest absolute Gasteiger partial charge is 0.293 e. The van der Waals surface area contributed by atoms with Gasteiger partial charge in [-0.05, 0) is 89.6 Å². The summed E-state index contributed by atoms with van der Waals surface area (Å²) in [5.74, 6) is 0.829. The van der Waals surface area contributed by atoms with E-state index in [0.29, 0.717) is 17.3 Å². The molecule has 0 saturated carbocycles. The van der Waals surface area contributed by atoms with Crippen LogP contribution in [-0.2, 0) is 17.3 Å². The van der Waals surface area contributed by atoms with Gasteiger partial charge in [-0.25, -0.2) is 4.98 Å². The Kier molecular flexibility index (Phi) is 5.44. The van der Waals surface area contributed by atoms with Crippen LogP contribution in [-0.4, -0.2) is 10.9 Å². The number of amides is 1. The van der Waals surface area contributed by atoms with Gasteiger partial charge in [0.15, 0.2) is 10.9 Å². The lowest BCUT2D eigenvalue weighted by Gasteiger charge is -2.42. The summed E-state index contributed by atoms with van der Waals surface area (Å²) >= 11 is 1.47. The van der Waals surface area contributed by atoms with E-state index in [0.717, 1.165) is 16.0 Å². The summed E-state index contributed by atoms with van der Waals surface area (Å²) in [5, 5.41) is 3.47. The molecular formula is C29H32N2O2S. The average molecular weight is 473 g/mol. The molecule has 0 unspecified atom stereocenters. The van der Waals surface area contributed by atoms with Gasteiger partial charge in [-0.3, -0.25) is 10.1 Å². The minimum absolute atomic E-state index is 0.164. The third-order valence-electron chi connectivity index (χ3n) is 7.32. The fraction of sp³-hybridized carbons (Fsp3) is 0.379. The van der Waals surface area contributed by atoms with Gasteiger partial charge in [0.25, 0.3) is 5.91 Å². The summed E-state index contributed by atoms with van der Waals surface area (Å²) in [4.78, 5) is 17.3. The van der Waals surface area contributed by atoms with Crippen LogP contribution in [0.5, 0.6) is 0 Å². The first-order chi connectivity index (χ1) is 16.0. The molecule has 2 heterocycles. The minimum Gasteiger partial charge on any atom is -0.456 e. The van der Waals surface area contributed by atoms with Crippen LogP contribution in [0.3, 0.4) is 0 Å². The summed E-state index contributed by atoms with van der Waals surface area (Å²) in [5.41, 5.74) is 7.87. The van der Waals surface area contributed by atoms with Gasteiger partial charge in [0.1, 0.15) is 5.76 Å². The molecule has 176 valence electrons. The lowest BCUT2D eigenvalue weighted by atomic mass is 9.62. The van der Waals surface area contributed by atoms with E-state index in [4.69, 9.17) is 4.42 Å². The van der Waals surface area contributed by atoms with Gasteiger partial charge < -0.3 is 4.42 Å². The Morgan fingerprint density at radius 1 is 1.00 bits per heavy atom. The van der Waals surface area contributed by atoms with Crippen LogP contribution >= 0.6 is 11.3 Å². The van der Waals surface area contributed by atoms with Crippen molar-refractivity contribution in [3.05, 3.63) is 81.8 Å². The van der Waals surface area contributed by atoms with Crippen molar-refractivity contribution in [3.8, 4) is 0 Å². The maximum atomic E-state index is 12.8. The zero-order valence-corrected chi connectivity index (χ0v) is 21.7. The molecule has 4 aromatic rings. The highest BCUT2D eigenvalue weighted by molar-refractivity contribution is 7.22. The van der Waals surface area contributed by atoms with Gasteiger partial charge in [0.05, 0.1) is 10.2 Å². The Hall–Kier alpha value is -2.92. The zero-order valence-electron chi connectivity index (χ0n) is 20.8. The molecule has 2 aromatic carbocycles. The highest BCUT2D eigenvalue weighted by atomic mass is 32.1. The molecule has 5 rings (SSSR count). The number of aromatic nitrogens is 1. The second-order valence-corrected chi connectivity index (χ2v) is 12.0. The van der Waals surface area contributed by atoms with Crippen molar-refractivity contribution in [2.45, 2.75) is 71.6 Å². The Balaban J connectivity index is 1.36. The van der Waals surface area contributed by atoms with Crippen LogP contribution in [0, 0.1) is 13.8 Å². The fourth-order valence-corrected chi connectivity index (χ4v) is 5.94. The third kappa shape index (κ3) is 4.18. The molecule has 0 spiro atoms. The normalized spacial score (nSPS) is 16.4. The molecule has 0 atom stereocenters. The quantitative estimate of drug-likeness (QED) is 0.331. The molecule has 1 aliphatic rings. The van der Waals surface area contributed by atoms with E-state index >= 15 is 0 Å². The van der Waals surface area contributed by atoms with Crippen molar-refractivity contribution in [2.24, 2.45) is 0 Å². The van der Waals surface area contributed by atoms with E-state index in [1.807, 2.05) is 25.1 Å². The van der Waals surface area contributed by atoms with Crippen molar-refractivity contribution in [2.75, 3.05) is 5.32 Å². The molecule has 0 fully saturated rings. The number of furan rings is 1. The van der Waals surface area contributed by atoms with Crippen molar-refractivity contribution in [1.29, 1.82) is 0 Å². The molecule has 0 bridgehead atoms. The van der Waals surface area contributed by atoms with Gasteiger partial charge in [-0.15, -0.1) is 0 Å². The van der Waals surface area contributed by atoms with Crippen LogP contribution in [0.15, 0.2) is 46.9 Å². The maximum Gasteiger partial charge on any atom is 0.293 e. The summed E-state index contributed by atoms with van der Waals surface area (Å²) in [6.07, 6.45) is 3.06. The van der Waals surface area contributed by atoms with Gasteiger partial charge in [-0.2, -0.15) is 0 Å². The van der Waals surface area contributed by atoms with Crippen LogP contribution in [0.4, 0.5) is 5.13 Å². The van der Waals surface area contributed by atoms with Crippen molar-refractivity contribution >= 4 is 32.6 Å². The first-order valence-electron chi connectivity index (χ1n) is 11.9. The van der Waals surface area contributed by atoms with Crippen molar-refractivity contribution in [3.63, 3.8) is 0 Å². The number of thiazole rings is 1. The second-order valence-electron chi connectivity index (χ2n) is 11.0. The Bertz CT molecular complexity index is 1410. The molecule has 0 radical (unpaired) electrons. The van der Waals surface area contributed by atoms with Crippen LogP contribution in [0.25, 0.3) is 10.2 Å². The lowest BCUT2D eigenvalue weighted by Crippen LogP contribution is -2.34. The number of anilines is 1. The minimum atomic E-state index is -0.271. The number of nitrogens with zero attached hydrogens (tertiary/aromatic N) is 1. The lowest BCUT2D eigenvalue weighted by molar-refractivity contribution is 0.0995. The molecule has 34 heavy (non-hydrogen) atoms. The molecule has 2 aromatic heterocycles. The number of rotatable bonds is 4. The third-order valence-corrected chi connectivity index (χ3v) is 8.26. The molecule has 4 nitrogen and oxygen atoms in total. The standard InChI is InChI=1S/C29H32N2O2S/c1-17-7-9-23-25(13-17)34-27(30-23)31-26(32)24-10-8-20(33-24)15-19-16-22-21(14-18(19)2)28(3,4)11-12-29(22,5)6/h7-10,13-14,16H,11-12,15H2,1-6H3,(H,30,31,32). The molecule has 1 aliphatic carbocycles. The number of hydrogen-bond donors (Lipinski definition) is 1. The number of carbonyl (C=O) groups excluding carboxylic acids is 1. The predicted octanol–water partition coefficient (Wildman–Crippen LogP) is 7.70. The first kappa shape index (κ1) is 22.9. The molecule has 1 N–H and O–H groups in total.